The van der Waals surface area contributed by atoms with Gasteiger partial charge in [0.2, 0.25) is 0 Å². The molecule has 1 unspecified atom stereocenters. The summed E-state index contributed by atoms with van der Waals surface area (Å²) in [7, 11) is -3.61. The van der Waals surface area contributed by atoms with Gasteiger partial charge in [-0.3, -0.25) is 4.31 Å². The van der Waals surface area contributed by atoms with Crippen molar-refractivity contribution in [2.45, 2.75) is 57.0 Å². The van der Waals surface area contributed by atoms with Crippen LogP contribution in [0.3, 0.4) is 0 Å². The number of fused-ring (bicyclic) bond motifs is 1. The number of unbranched alkanes of at least 4 members (excludes halogenated alkanes) is 3. The standard InChI is InChI=1S/C21H27NO3S/c1-3-4-5-6-9-18-16-22(20-10-7-8-11-21(20)25-18)26(23,24)19-14-12-17(2)13-15-19/h7-8,10-15,18H,3-6,9,16H2,1-2H3. The van der Waals surface area contributed by atoms with Crippen LogP contribution in [0.25, 0.3) is 0 Å². The number of rotatable bonds is 7. The molecule has 140 valence electrons. The Labute approximate surface area is 156 Å². The molecule has 0 N–H and O–H groups in total. The lowest BCUT2D eigenvalue weighted by Crippen LogP contribution is -2.43. The number of nitrogens with zero attached hydrogens (tertiary/aromatic N) is 1. The fourth-order valence-electron chi connectivity index (χ4n) is 3.28. The van der Waals surface area contributed by atoms with E-state index >= 15 is 0 Å². The number of aryl methyl sites for hydroxylation is 1. The van der Waals surface area contributed by atoms with Gasteiger partial charge >= 0.3 is 0 Å². The molecule has 3 rings (SSSR count). The Kier molecular flexibility index (Phi) is 5.87. The van der Waals surface area contributed by atoms with Crippen LogP contribution in [0.15, 0.2) is 53.4 Å². The molecular weight excluding hydrogens is 346 g/mol. The van der Waals surface area contributed by atoms with Crippen molar-refractivity contribution in [1.82, 2.24) is 0 Å². The van der Waals surface area contributed by atoms with E-state index < -0.39 is 10.0 Å². The Morgan fingerprint density at radius 1 is 1.04 bits per heavy atom. The normalized spacial score (nSPS) is 16.8. The third-order valence-corrected chi connectivity index (χ3v) is 6.58. The van der Waals surface area contributed by atoms with Gasteiger partial charge in [-0.1, -0.05) is 56.0 Å². The fourth-order valence-corrected chi connectivity index (χ4v) is 4.78. The van der Waals surface area contributed by atoms with Crippen molar-refractivity contribution in [3.05, 3.63) is 54.1 Å². The predicted molar refractivity (Wildman–Crippen MR) is 105 cm³/mol. The van der Waals surface area contributed by atoms with Crippen molar-refractivity contribution in [2.24, 2.45) is 0 Å². The van der Waals surface area contributed by atoms with E-state index in [4.69, 9.17) is 4.74 Å². The van der Waals surface area contributed by atoms with Crippen LogP contribution in [-0.4, -0.2) is 21.1 Å². The van der Waals surface area contributed by atoms with Crippen molar-refractivity contribution < 1.29 is 13.2 Å². The SMILES string of the molecule is CCCCCCC1CN(S(=O)(=O)c2ccc(C)cc2)c2ccccc2O1. The Balaban J connectivity index is 1.87. The first kappa shape index (κ1) is 18.8. The molecular formula is C21H27NO3S. The van der Waals surface area contributed by atoms with E-state index in [9.17, 15) is 8.42 Å². The van der Waals surface area contributed by atoms with Gasteiger partial charge in [0.05, 0.1) is 17.1 Å². The molecule has 1 heterocycles. The number of hydrogen-bond acceptors (Lipinski definition) is 3. The highest BCUT2D eigenvalue weighted by atomic mass is 32.2. The Bertz CT molecular complexity index is 831. The number of ether oxygens (including phenoxy) is 1. The second-order valence-corrected chi connectivity index (χ2v) is 8.77. The summed E-state index contributed by atoms with van der Waals surface area (Å²) in [4.78, 5) is 0.324. The summed E-state index contributed by atoms with van der Waals surface area (Å²) in [5.41, 5.74) is 1.66. The molecule has 26 heavy (non-hydrogen) atoms. The molecule has 0 fully saturated rings. The van der Waals surface area contributed by atoms with Gasteiger partial charge in [0.1, 0.15) is 11.9 Å². The minimum atomic E-state index is -3.61. The lowest BCUT2D eigenvalue weighted by atomic mass is 10.1. The molecule has 1 aliphatic heterocycles. The maximum atomic E-state index is 13.3. The van der Waals surface area contributed by atoms with Gasteiger partial charge in [0.25, 0.3) is 10.0 Å². The monoisotopic (exact) mass is 373 g/mol. The summed E-state index contributed by atoms with van der Waals surface area (Å²) in [6.45, 7) is 4.50. The molecule has 0 saturated heterocycles. The predicted octanol–water partition coefficient (Wildman–Crippen LogP) is 4.92. The van der Waals surface area contributed by atoms with Crippen LogP contribution in [0, 0.1) is 6.92 Å². The summed E-state index contributed by atoms with van der Waals surface area (Å²) >= 11 is 0. The quantitative estimate of drug-likeness (QED) is 0.647. The molecule has 2 aromatic carbocycles. The molecule has 2 aromatic rings. The number of hydrogen-bond donors (Lipinski definition) is 0. The zero-order valence-corrected chi connectivity index (χ0v) is 16.3. The van der Waals surface area contributed by atoms with Crippen LogP contribution in [0.2, 0.25) is 0 Å². The van der Waals surface area contributed by atoms with Crippen molar-refractivity contribution in [3.63, 3.8) is 0 Å². The number of para-hydroxylation sites is 2. The lowest BCUT2D eigenvalue weighted by molar-refractivity contribution is 0.185. The number of sulfonamides is 1. The van der Waals surface area contributed by atoms with Gasteiger partial charge in [0, 0.05) is 0 Å². The maximum absolute atomic E-state index is 13.3. The minimum absolute atomic E-state index is 0.109. The Morgan fingerprint density at radius 2 is 1.77 bits per heavy atom. The van der Waals surface area contributed by atoms with E-state index in [2.05, 4.69) is 6.92 Å². The van der Waals surface area contributed by atoms with E-state index in [0.717, 1.165) is 24.8 Å². The van der Waals surface area contributed by atoms with Crippen molar-refractivity contribution in [2.75, 3.05) is 10.8 Å². The van der Waals surface area contributed by atoms with Gasteiger partial charge in [-0.2, -0.15) is 0 Å². The highest BCUT2D eigenvalue weighted by molar-refractivity contribution is 7.92. The Hall–Kier alpha value is -2.01. The van der Waals surface area contributed by atoms with Crippen LogP contribution in [0.1, 0.15) is 44.6 Å². The maximum Gasteiger partial charge on any atom is 0.264 e. The molecule has 1 atom stereocenters. The largest absolute Gasteiger partial charge is 0.486 e. The molecule has 1 aliphatic rings. The van der Waals surface area contributed by atoms with Crippen LogP contribution >= 0.6 is 0 Å². The van der Waals surface area contributed by atoms with Gasteiger partial charge in [-0.05, 0) is 44.0 Å². The first-order valence-corrected chi connectivity index (χ1v) is 10.8. The van der Waals surface area contributed by atoms with E-state index in [-0.39, 0.29) is 6.10 Å². The summed E-state index contributed by atoms with van der Waals surface area (Å²) in [5, 5.41) is 0. The highest BCUT2D eigenvalue weighted by Crippen LogP contribution is 2.37. The van der Waals surface area contributed by atoms with Crippen LogP contribution < -0.4 is 9.04 Å². The third-order valence-electron chi connectivity index (χ3n) is 4.79. The summed E-state index contributed by atoms with van der Waals surface area (Å²) in [6.07, 6.45) is 5.36. The summed E-state index contributed by atoms with van der Waals surface area (Å²) in [5.74, 6) is 0.648. The van der Waals surface area contributed by atoms with E-state index in [0.29, 0.717) is 22.9 Å². The molecule has 0 bridgehead atoms. The summed E-state index contributed by atoms with van der Waals surface area (Å²) in [6, 6.07) is 14.4. The molecule has 4 nitrogen and oxygen atoms in total. The zero-order valence-electron chi connectivity index (χ0n) is 15.5. The topological polar surface area (TPSA) is 46.6 Å². The first-order valence-electron chi connectivity index (χ1n) is 9.37. The molecule has 5 heteroatoms. The zero-order chi connectivity index (χ0) is 18.6. The third kappa shape index (κ3) is 4.04. The first-order chi connectivity index (χ1) is 12.5. The number of anilines is 1. The average Bonchev–Trinajstić information content (AvgIpc) is 2.65. The highest BCUT2D eigenvalue weighted by Gasteiger charge is 2.34. The van der Waals surface area contributed by atoms with Crippen molar-refractivity contribution in [1.29, 1.82) is 0 Å². The molecule has 0 aliphatic carbocycles. The molecule has 0 aromatic heterocycles. The fraction of sp³-hybridized carbons (Fsp3) is 0.429. The smallest absolute Gasteiger partial charge is 0.264 e. The van der Waals surface area contributed by atoms with Gasteiger partial charge < -0.3 is 4.74 Å². The van der Waals surface area contributed by atoms with Crippen LogP contribution in [0.5, 0.6) is 5.75 Å². The van der Waals surface area contributed by atoms with E-state index in [1.807, 2.05) is 43.3 Å². The average molecular weight is 374 g/mol. The van der Waals surface area contributed by atoms with E-state index in [1.54, 1.807) is 12.1 Å². The molecule has 0 spiro atoms. The van der Waals surface area contributed by atoms with Crippen LogP contribution in [-0.2, 0) is 10.0 Å². The van der Waals surface area contributed by atoms with Crippen molar-refractivity contribution >= 4 is 15.7 Å². The van der Waals surface area contributed by atoms with Gasteiger partial charge in [-0.25, -0.2) is 8.42 Å². The molecule has 0 amide bonds. The van der Waals surface area contributed by atoms with Gasteiger partial charge in [-0.15, -0.1) is 0 Å². The molecule has 0 saturated carbocycles. The van der Waals surface area contributed by atoms with Crippen molar-refractivity contribution in [3.8, 4) is 5.75 Å². The van der Waals surface area contributed by atoms with E-state index in [1.165, 1.54) is 17.1 Å². The van der Waals surface area contributed by atoms with Gasteiger partial charge in [0.15, 0.2) is 0 Å². The molecule has 0 radical (unpaired) electrons. The Morgan fingerprint density at radius 3 is 2.50 bits per heavy atom. The minimum Gasteiger partial charge on any atom is -0.486 e. The van der Waals surface area contributed by atoms with Crippen LogP contribution in [0.4, 0.5) is 5.69 Å². The summed E-state index contributed by atoms with van der Waals surface area (Å²) < 4.78 is 34.1. The lowest BCUT2D eigenvalue weighted by Gasteiger charge is -2.35. The second-order valence-electron chi connectivity index (χ2n) is 6.91. The second kappa shape index (κ2) is 8.12. The number of benzene rings is 2.